The first-order valence-corrected chi connectivity index (χ1v) is 12.7. The van der Waals surface area contributed by atoms with E-state index in [0.29, 0.717) is 35.2 Å². The molecule has 0 atom stereocenters. The second kappa shape index (κ2) is 10.5. The lowest BCUT2D eigenvalue weighted by Crippen LogP contribution is -2.42. The number of halogens is 1. The summed E-state index contributed by atoms with van der Waals surface area (Å²) in [7, 11) is 0. The highest BCUT2D eigenvalue weighted by Gasteiger charge is 2.24. The van der Waals surface area contributed by atoms with Crippen molar-refractivity contribution in [3.8, 4) is 0 Å². The Hall–Kier alpha value is -4.07. The van der Waals surface area contributed by atoms with Crippen molar-refractivity contribution in [3.05, 3.63) is 75.2 Å². The third-order valence-electron chi connectivity index (χ3n) is 6.14. The van der Waals surface area contributed by atoms with Crippen molar-refractivity contribution in [2.45, 2.75) is 18.9 Å². The van der Waals surface area contributed by atoms with Crippen molar-refractivity contribution < 1.29 is 14.4 Å². The third-order valence-corrected chi connectivity index (χ3v) is 6.69. The first-order valence-electron chi connectivity index (χ1n) is 11.6. The first-order chi connectivity index (χ1) is 17.9. The van der Waals surface area contributed by atoms with Crippen LogP contribution in [0.1, 0.15) is 43.9 Å². The van der Waals surface area contributed by atoms with Crippen molar-refractivity contribution in [1.82, 2.24) is 24.8 Å². The van der Waals surface area contributed by atoms with E-state index in [9.17, 15) is 14.4 Å². The highest BCUT2D eigenvalue weighted by atomic mass is 127. The van der Waals surface area contributed by atoms with Crippen LogP contribution in [0.3, 0.4) is 0 Å². The number of H-pyrrole nitrogens is 1. The van der Waals surface area contributed by atoms with Gasteiger partial charge in [-0.3, -0.25) is 19.7 Å². The van der Waals surface area contributed by atoms with E-state index in [2.05, 4.69) is 53.2 Å². The molecule has 3 amide bonds. The van der Waals surface area contributed by atoms with Gasteiger partial charge in [0, 0.05) is 30.3 Å². The molecule has 0 radical (unpaired) electrons. The van der Waals surface area contributed by atoms with Gasteiger partial charge in [-0.2, -0.15) is 0 Å². The maximum absolute atomic E-state index is 13.1. The van der Waals surface area contributed by atoms with Crippen molar-refractivity contribution in [1.29, 1.82) is 0 Å². The number of hydrogen-bond acceptors (Lipinski definition) is 7. The number of piperidine rings is 1. The van der Waals surface area contributed by atoms with E-state index in [-0.39, 0.29) is 23.5 Å². The number of benzene rings is 2. The summed E-state index contributed by atoms with van der Waals surface area (Å²) in [6.07, 6.45) is 4.97. The molecule has 1 aliphatic rings. The van der Waals surface area contributed by atoms with E-state index in [1.54, 1.807) is 59.8 Å². The Balaban J connectivity index is 1.22. The van der Waals surface area contributed by atoms with Crippen molar-refractivity contribution in [2.24, 2.45) is 5.73 Å². The molecule has 5 rings (SSSR count). The molecule has 0 saturated carbocycles. The molecule has 37 heavy (non-hydrogen) atoms. The van der Waals surface area contributed by atoms with Gasteiger partial charge in [0.2, 0.25) is 5.95 Å². The maximum atomic E-state index is 13.1. The number of carbonyl (C=O) groups is 3. The van der Waals surface area contributed by atoms with E-state index in [1.165, 1.54) is 0 Å². The number of nitrogens with two attached hydrogens (primary N) is 1. The molecular formula is C25H23IN8O3. The number of carbonyl (C=O) groups excluding carboxylic acids is 3. The largest absolute Gasteiger partial charge is 0.366 e. The number of likely N-dealkylation sites (tertiary alicyclic amines) is 1. The second-order valence-electron chi connectivity index (χ2n) is 8.62. The Morgan fingerprint density at radius 3 is 2.51 bits per heavy atom. The average Bonchev–Trinajstić information content (AvgIpc) is 3.32. The molecule has 5 N–H and O–H groups in total. The minimum Gasteiger partial charge on any atom is -0.366 e. The molecule has 0 unspecified atom stereocenters. The van der Waals surface area contributed by atoms with Crippen LogP contribution in [0.25, 0.3) is 11.0 Å². The van der Waals surface area contributed by atoms with Crippen LogP contribution in [-0.2, 0) is 0 Å². The first kappa shape index (κ1) is 24.6. The molecule has 188 valence electrons. The second-order valence-corrected chi connectivity index (χ2v) is 9.73. The van der Waals surface area contributed by atoms with Gasteiger partial charge in [-0.15, -0.1) is 0 Å². The number of aromatic amines is 1. The van der Waals surface area contributed by atoms with Crippen molar-refractivity contribution in [3.63, 3.8) is 0 Å². The molecule has 11 nitrogen and oxygen atoms in total. The van der Waals surface area contributed by atoms with Gasteiger partial charge in [-0.1, -0.05) is 12.1 Å². The molecule has 3 heterocycles. The Labute approximate surface area is 225 Å². The number of nitrogens with zero attached hydrogens (tertiary/aromatic N) is 4. The molecule has 0 bridgehead atoms. The Kier molecular flexibility index (Phi) is 6.99. The zero-order valence-corrected chi connectivity index (χ0v) is 21.7. The van der Waals surface area contributed by atoms with Gasteiger partial charge >= 0.3 is 0 Å². The number of fused-ring (bicyclic) bond motifs is 1. The quantitative estimate of drug-likeness (QED) is 0.244. The fourth-order valence-corrected chi connectivity index (χ4v) is 4.55. The van der Waals surface area contributed by atoms with Gasteiger partial charge in [-0.05, 0) is 65.8 Å². The SMILES string of the molecule is NC(=O)c1cccc2[nH]c(NC(=O)c3cccc(C(=O)N4CCC(Nc5cnc(I)cn5)CC4)c3)nc12. The summed E-state index contributed by atoms with van der Waals surface area (Å²) in [6.45, 7) is 1.18. The molecule has 12 heteroatoms. The third kappa shape index (κ3) is 5.53. The average molecular weight is 610 g/mol. The fraction of sp³-hybridized carbons (Fsp3) is 0.200. The lowest BCUT2D eigenvalue weighted by Gasteiger charge is -2.32. The van der Waals surface area contributed by atoms with Gasteiger partial charge < -0.3 is 20.9 Å². The lowest BCUT2D eigenvalue weighted by molar-refractivity contribution is 0.0718. The van der Waals surface area contributed by atoms with Crippen LogP contribution in [-0.4, -0.2) is 61.7 Å². The van der Waals surface area contributed by atoms with Crippen LogP contribution in [0.4, 0.5) is 11.8 Å². The van der Waals surface area contributed by atoms with E-state index >= 15 is 0 Å². The summed E-state index contributed by atoms with van der Waals surface area (Å²) in [4.78, 5) is 55.3. The number of rotatable bonds is 6. The Morgan fingerprint density at radius 2 is 1.78 bits per heavy atom. The van der Waals surface area contributed by atoms with Gasteiger partial charge in [0.1, 0.15) is 15.0 Å². The topological polar surface area (TPSA) is 159 Å². The van der Waals surface area contributed by atoms with Gasteiger partial charge in [-0.25, -0.2) is 15.0 Å². The summed E-state index contributed by atoms with van der Waals surface area (Å²) in [5.41, 5.74) is 7.36. The number of imidazole rings is 1. The summed E-state index contributed by atoms with van der Waals surface area (Å²) < 4.78 is 0.828. The lowest BCUT2D eigenvalue weighted by atomic mass is 10.0. The zero-order chi connectivity index (χ0) is 25.9. The summed E-state index contributed by atoms with van der Waals surface area (Å²) >= 11 is 2.11. The van der Waals surface area contributed by atoms with Crippen LogP contribution >= 0.6 is 22.6 Å². The fourth-order valence-electron chi connectivity index (χ4n) is 4.27. The van der Waals surface area contributed by atoms with E-state index in [4.69, 9.17) is 5.73 Å². The molecule has 1 aliphatic heterocycles. The minimum atomic E-state index is -0.607. The summed E-state index contributed by atoms with van der Waals surface area (Å²) in [6, 6.07) is 11.8. The van der Waals surface area contributed by atoms with Gasteiger partial charge in [0.05, 0.1) is 23.5 Å². The number of amides is 3. The predicted octanol–water partition coefficient (Wildman–Crippen LogP) is 3.03. The number of primary amides is 1. The molecule has 2 aromatic heterocycles. The Bertz CT molecular complexity index is 1480. The molecule has 1 saturated heterocycles. The van der Waals surface area contributed by atoms with Crippen molar-refractivity contribution in [2.75, 3.05) is 23.7 Å². The summed E-state index contributed by atoms with van der Waals surface area (Å²) in [5.74, 6) is -0.269. The number of hydrogen-bond donors (Lipinski definition) is 4. The zero-order valence-electron chi connectivity index (χ0n) is 19.6. The monoisotopic (exact) mass is 610 g/mol. The minimum absolute atomic E-state index is 0.128. The highest BCUT2D eigenvalue weighted by molar-refractivity contribution is 14.1. The number of anilines is 2. The van der Waals surface area contributed by atoms with E-state index < -0.39 is 11.8 Å². The molecule has 2 aromatic carbocycles. The van der Waals surface area contributed by atoms with Gasteiger partial charge in [0.25, 0.3) is 17.7 Å². The molecular weight excluding hydrogens is 587 g/mol. The van der Waals surface area contributed by atoms with Crippen LogP contribution in [0, 0.1) is 3.70 Å². The number of aromatic nitrogens is 4. The van der Waals surface area contributed by atoms with Crippen LogP contribution < -0.4 is 16.4 Å². The van der Waals surface area contributed by atoms with Crippen LogP contribution in [0.2, 0.25) is 0 Å². The normalized spacial score (nSPS) is 13.9. The van der Waals surface area contributed by atoms with E-state index in [0.717, 1.165) is 22.4 Å². The van der Waals surface area contributed by atoms with Gasteiger partial charge in [0.15, 0.2) is 0 Å². The van der Waals surface area contributed by atoms with E-state index in [1.807, 2.05) is 0 Å². The molecule has 0 spiro atoms. The van der Waals surface area contributed by atoms with Crippen LogP contribution in [0.5, 0.6) is 0 Å². The summed E-state index contributed by atoms with van der Waals surface area (Å²) in [5, 5.41) is 6.06. The van der Waals surface area contributed by atoms with Crippen molar-refractivity contribution >= 4 is 63.1 Å². The standard InChI is InChI=1S/C25H23IN8O3/c26-19-12-29-20(13-28-19)30-16-7-9-34(10-8-16)24(37)15-4-1-3-14(11-15)23(36)33-25-31-18-6-2-5-17(22(27)35)21(18)32-25/h1-6,11-13,16H,7-10H2,(H2,27,35)(H,29,30)(H2,31,32,33,36). The highest BCUT2D eigenvalue weighted by Crippen LogP contribution is 2.20. The molecule has 1 fully saturated rings. The maximum Gasteiger partial charge on any atom is 0.257 e. The smallest absolute Gasteiger partial charge is 0.257 e. The predicted molar refractivity (Wildman–Crippen MR) is 146 cm³/mol. The molecule has 4 aromatic rings. The molecule has 0 aliphatic carbocycles. The number of para-hydroxylation sites is 1. The van der Waals surface area contributed by atoms with Crippen LogP contribution in [0.15, 0.2) is 54.9 Å². The number of nitrogens with one attached hydrogen (secondary N) is 3. The Morgan fingerprint density at radius 1 is 1.03 bits per heavy atom.